The van der Waals surface area contributed by atoms with Crippen molar-refractivity contribution in [2.45, 2.75) is 26.4 Å². The SMILES string of the molecule is CCOC(=O)[C@H]1[C@H](C(C)=O)C(=O)N1Cc1ccc(OC)cc1OC. The number of ether oxygens (including phenoxy) is 3. The maximum absolute atomic E-state index is 12.3. The highest BCUT2D eigenvalue weighted by molar-refractivity contribution is 6.11. The molecule has 7 nitrogen and oxygen atoms in total. The van der Waals surface area contributed by atoms with E-state index in [0.717, 1.165) is 0 Å². The Kier molecular flexibility index (Phi) is 5.43. The van der Waals surface area contributed by atoms with Gasteiger partial charge in [0.25, 0.3) is 0 Å². The monoisotopic (exact) mass is 335 g/mol. The molecule has 1 amide bonds. The lowest BCUT2D eigenvalue weighted by Crippen LogP contribution is -2.66. The first-order valence-electron chi connectivity index (χ1n) is 7.63. The van der Waals surface area contributed by atoms with E-state index in [1.165, 1.54) is 18.9 Å². The van der Waals surface area contributed by atoms with Gasteiger partial charge in [0, 0.05) is 11.6 Å². The van der Waals surface area contributed by atoms with Gasteiger partial charge in [0.1, 0.15) is 29.2 Å². The third-order valence-electron chi connectivity index (χ3n) is 4.00. The molecule has 0 aromatic heterocycles. The van der Waals surface area contributed by atoms with Crippen LogP contribution in [-0.4, -0.2) is 49.4 Å². The van der Waals surface area contributed by atoms with Gasteiger partial charge in [-0.15, -0.1) is 0 Å². The molecule has 2 atom stereocenters. The van der Waals surface area contributed by atoms with Crippen molar-refractivity contribution in [2.75, 3.05) is 20.8 Å². The lowest BCUT2D eigenvalue weighted by atomic mass is 9.83. The van der Waals surface area contributed by atoms with E-state index < -0.39 is 17.9 Å². The second kappa shape index (κ2) is 7.33. The fourth-order valence-corrected chi connectivity index (χ4v) is 2.78. The summed E-state index contributed by atoms with van der Waals surface area (Å²) < 4.78 is 15.4. The van der Waals surface area contributed by atoms with Gasteiger partial charge in [-0.3, -0.25) is 9.59 Å². The highest BCUT2D eigenvalue weighted by atomic mass is 16.5. The Morgan fingerprint density at radius 2 is 1.92 bits per heavy atom. The van der Waals surface area contributed by atoms with Crippen molar-refractivity contribution in [2.24, 2.45) is 5.92 Å². The second-order valence-electron chi connectivity index (χ2n) is 5.43. The summed E-state index contributed by atoms with van der Waals surface area (Å²) in [5.41, 5.74) is 0.711. The molecule has 0 bridgehead atoms. The number of rotatable bonds is 7. The van der Waals surface area contributed by atoms with E-state index >= 15 is 0 Å². The fraction of sp³-hybridized carbons (Fsp3) is 0.471. The zero-order valence-corrected chi connectivity index (χ0v) is 14.2. The van der Waals surface area contributed by atoms with Crippen LogP contribution < -0.4 is 9.47 Å². The van der Waals surface area contributed by atoms with E-state index in [0.29, 0.717) is 17.1 Å². The van der Waals surface area contributed by atoms with Gasteiger partial charge in [-0.25, -0.2) is 4.79 Å². The summed E-state index contributed by atoms with van der Waals surface area (Å²) in [4.78, 5) is 37.4. The molecule has 1 aromatic rings. The summed E-state index contributed by atoms with van der Waals surface area (Å²) in [6.45, 7) is 3.32. The summed E-state index contributed by atoms with van der Waals surface area (Å²) in [7, 11) is 3.05. The van der Waals surface area contributed by atoms with Gasteiger partial charge in [-0.2, -0.15) is 0 Å². The first kappa shape index (κ1) is 17.8. The summed E-state index contributed by atoms with van der Waals surface area (Å²) in [5, 5.41) is 0. The molecule has 0 spiro atoms. The Hall–Kier alpha value is -2.57. The molecule has 1 saturated heterocycles. The van der Waals surface area contributed by atoms with E-state index in [2.05, 4.69) is 0 Å². The standard InChI is InChI=1S/C17H21NO6/c1-5-24-17(21)15-14(10(2)19)16(20)18(15)9-11-6-7-12(22-3)8-13(11)23-4/h6-8,14-15H,5,9H2,1-4H3/t14-,15+/m0/s1. The zero-order chi connectivity index (χ0) is 17.9. The van der Waals surface area contributed by atoms with Crippen LogP contribution in [-0.2, 0) is 25.7 Å². The number of carbonyl (C=O) groups is 3. The zero-order valence-electron chi connectivity index (χ0n) is 14.2. The summed E-state index contributed by atoms with van der Waals surface area (Å²) in [5.74, 6) is -1.09. The van der Waals surface area contributed by atoms with Crippen LogP contribution in [0, 0.1) is 5.92 Å². The van der Waals surface area contributed by atoms with Crippen LogP contribution in [0.1, 0.15) is 19.4 Å². The first-order valence-corrected chi connectivity index (χ1v) is 7.63. The quantitative estimate of drug-likeness (QED) is 0.423. The smallest absolute Gasteiger partial charge is 0.330 e. The number of β-lactam (4-membered cyclic amide) rings is 1. The van der Waals surface area contributed by atoms with Gasteiger partial charge in [0.2, 0.25) is 5.91 Å². The number of nitrogens with zero attached hydrogens (tertiary/aromatic N) is 1. The van der Waals surface area contributed by atoms with Crippen molar-refractivity contribution in [3.05, 3.63) is 23.8 Å². The van der Waals surface area contributed by atoms with E-state index in [-0.39, 0.29) is 24.8 Å². The topological polar surface area (TPSA) is 82.1 Å². The van der Waals surface area contributed by atoms with Gasteiger partial charge in [-0.05, 0) is 26.0 Å². The van der Waals surface area contributed by atoms with Crippen LogP contribution >= 0.6 is 0 Å². The third-order valence-corrected chi connectivity index (χ3v) is 4.00. The molecule has 7 heteroatoms. The predicted molar refractivity (Wildman–Crippen MR) is 84.7 cm³/mol. The van der Waals surface area contributed by atoms with Crippen molar-refractivity contribution in [3.8, 4) is 11.5 Å². The molecule has 0 N–H and O–H groups in total. The van der Waals surface area contributed by atoms with Crippen molar-refractivity contribution in [1.29, 1.82) is 0 Å². The molecule has 1 aromatic carbocycles. The van der Waals surface area contributed by atoms with Crippen LogP contribution in [0.25, 0.3) is 0 Å². The van der Waals surface area contributed by atoms with Crippen molar-refractivity contribution in [3.63, 3.8) is 0 Å². The molecule has 0 radical (unpaired) electrons. The maximum Gasteiger partial charge on any atom is 0.330 e. The lowest BCUT2D eigenvalue weighted by molar-refractivity contribution is -0.177. The van der Waals surface area contributed by atoms with Crippen molar-refractivity contribution in [1.82, 2.24) is 4.90 Å². The fourth-order valence-electron chi connectivity index (χ4n) is 2.78. The minimum Gasteiger partial charge on any atom is -0.497 e. The number of methoxy groups -OCH3 is 2. The van der Waals surface area contributed by atoms with Crippen LogP contribution in [0.5, 0.6) is 11.5 Å². The minimum atomic E-state index is -0.965. The number of benzene rings is 1. The molecule has 1 fully saturated rings. The highest BCUT2D eigenvalue weighted by Gasteiger charge is 2.54. The Morgan fingerprint density at radius 3 is 2.46 bits per heavy atom. The van der Waals surface area contributed by atoms with E-state index in [1.54, 1.807) is 32.2 Å². The number of amides is 1. The number of hydrogen-bond acceptors (Lipinski definition) is 6. The molecule has 0 saturated carbocycles. The van der Waals surface area contributed by atoms with E-state index in [1.807, 2.05) is 0 Å². The van der Waals surface area contributed by atoms with Crippen LogP contribution in [0.2, 0.25) is 0 Å². The average molecular weight is 335 g/mol. The molecular weight excluding hydrogens is 314 g/mol. The van der Waals surface area contributed by atoms with E-state index in [9.17, 15) is 14.4 Å². The number of Topliss-reactive ketones (excluding diaryl/α,β-unsaturated/α-hetero) is 1. The normalized spacial score (nSPS) is 19.5. The Morgan fingerprint density at radius 1 is 1.21 bits per heavy atom. The molecule has 1 heterocycles. The molecule has 0 unspecified atom stereocenters. The minimum absolute atomic E-state index is 0.152. The van der Waals surface area contributed by atoms with E-state index in [4.69, 9.17) is 14.2 Å². The molecule has 130 valence electrons. The molecule has 0 aliphatic carbocycles. The summed E-state index contributed by atoms with van der Waals surface area (Å²) in [6.07, 6.45) is 0. The average Bonchev–Trinajstić information content (AvgIpc) is 2.56. The predicted octanol–water partition coefficient (Wildman–Crippen LogP) is 1.18. The number of hydrogen-bond donors (Lipinski definition) is 0. The Labute approximate surface area is 140 Å². The number of likely N-dealkylation sites (tertiary alicyclic amines) is 1. The molecule has 2 rings (SSSR count). The summed E-state index contributed by atoms with van der Waals surface area (Å²) >= 11 is 0. The third kappa shape index (κ3) is 3.20. The van der Waals surface area contributed by atoms with Crippen LogP contribution in [0.3, 0.4) is 0 Å². The molecule has 24 heavy (non-hydrogen) atoms. The largest absolute Gasteiger partial charge is 0.497 e. The van der Waals surface area contributed by atoms with Gasteiger partial charge < -0.3 is 19.1 Å². The Bertz CT molecular complexity index is 656. The van der Waals surface area contributed by atoms with Gasteiger partial charge in [-0.1, -0.05) is 0 Å². The Balaban J connectivity index is 2.25. The lowest BCUT2D eigenvalue weighted by Gasteiger charge is -2.44. The van der Waals surface area contributed by atoms with Crippen LogP contribution in [0.15, 0.2) is 18.2 Å². The number of carbonyl (C=O) groups excluding carboxylic acids is 3. The molecular formula is C17H21NO6. The number of ketones is 1. The van der Waals surface area contributed by atoms with Gasteiger partial charge in [0.05, 0.1) is 27.4 Å². The second-order valence-corrected chi connectivity index (χ2v) is 5.43. The summed E-state index contributed by atoms with van der Waals surface area (Å²) in [6, 6.07) is 4.31. The van der Waals surface area contributed by atoms with Gasteiger partial charge in [0.15, 0.2) is 0 Å². The van der Waals surface area contributed by atoms with Crippen molar-refractivity contribution >= 4 is 17.7 Å². The first-order chi connectivity index (χ1) is 11.4. The number of esters is 1. The van der Waals surface area contributed by atoms with Crippen LogP contribution in [0.4, 0.5) is 0 Å². The molecule has 1 aliphatic rings. The maximum atomic E-state index is 12.3. The highest BCUT2D eigenvalue weighted by Crippen LogP contribution is 2.33. The van der Waals surface area contributed by atoms with Crippen molar-refractivity contribution < 1.29 is 28.6 Å². The molecule has 1 aliphatic heterocycles. The van der Waals surface area contributed by atoms with Gasteiger partial charge >= 0.3 is 5.97 Å².